The third-order valence-electron chi connectivity index (χ3n) is 3.19. The number of amides is 1. The average molecular weight is 295 g/mol. The topological polar surface area (TPSA) is 89.8 Å². The Morgan fingerprint density at radius 1 is 1.23 bits per heavy atom. The fourth-order valence-electron chi connectivity index (χ4n) is 2.05. The van der Waals surface area contributed by atoms with Gasteiger partial charge in [-0.1, -0.05) is 23.4 Å². The summed E-state index contributed by atoms with van der Waals surface area (Å²) in [5.74, 6) is 0.0859. The van der Waals surface area contributed by atoms with Gasteiger partial charge in [-0.05, 0) is 30.7 Å². The molecule has 2 aromatic heterocycles. The molecular weight excluding hydrogens is 282 g/mol. The number of pyridine rings is 1. The van der Waals surface area contributed by atoms with Gasteiger partial charge in [-0.15, -0.1) is 5.10 Å². The van der Waals surface area contributed by atoms with Crippen LogP contribution < -0.4 is 10.9 Å². The quantitative estimate of drug-likeness (QED) is 0.782. The van der Waals surface area contributed by atoms with E-state index in [-0.39, 0.29) is 18.0 Å². The Morgan fingerprint density at radius 3 is 2.86 bits per heavy atom. The summed E-state index contributed by atoms with van der Waals surface area (Å²) in [5, 5.41) is 10.8. The van der Waals surface area contributed by atoms with Crippen LogP contribution in [0.4, 0.5) is 5.82 Å². The average Bonchev–Trinajstić information content (AvgIpc) is 2.53. The van der Waals surface area contributed by atoms with Crippen molar-refractivity contribution < 1.29 is 4.79 Å². The number of rotatable bonds is 3. The van der Waals surface area contributed by atoms with Gasteiger partial charge in [0, 0.05) is 6.20 Å². The van der Waals surface area contributed by atoms with Gasteiger partial charge in [0.25, 0.3) is 5.56 Å². The summed E-state index contributed by atoms with van der Waals surface area (Å²) in [4.78, 5) is 28.4. The van der Waals surface area contributed by atoms with Gasteiger partial charge >= 0.3 is 0 Å². The van der Waals surface area contributed by atoms with Gasteiger partial charge in [0.15, 0.2) is 0 Å². The van der Waals surface area contributed by atoms with Crippen LogP contribution in [-0.2, 0) is 11.3 Å². The first kappa shape index (κ1) is 13.9. The van der Waals surface area contributed by atoms with Crippen LogP contribution >= 0.6 is 0 Å². The zero-order valence-electron chi connectivity index (χ0n) is 11.9. The molecule has 0 aliphatic carbocycles. The smallest absolute Gasteiger partial charge is 0.278 e. The maximum atomic E-state index is 12.2. The molecule has 2 heterocycles. The number of hydrogen-bond acceptors (Lipinski definition) is 5. The van der Waals surface area contributed by atoms with Gasteiger partial charge in [0.05, 0.1) is 5.39 Å². The van der Waals surface area contributed by atoms with Crippen molar-refractivity contribution in [3.8, 4) is 0 Å². The van der Waals surface area contributed by atoms with Crippen molar-refractivity contribution in [2.24, 2.45) is 0 Å². The molecule has 0 saturated carbocycles. The third kappa shape index (κ3) is 2.69. The van der Waals surface area contributed by atoms with Gasteiger partial charge in [-0.3, -0.25) is 9.59 Å². The van der Waals surface area contributed by atoms with E-state index in [0.29, 0.717) is 16.7 Å². The van der Waals surface area contributed by atoms with E-state index in [1.54, 1.807) is 36.5 Å². The van der Waals surface area contributed by atoms with Crippen molar-refractivity contribution in [1.29, 1.82) is 0 Å². The Labute approximate surface area is 125 Å². The minimum absolute atomic E-state index is 0.216. The molecule has 110 valence electrons. The van der Waals surface area contributed by atoms with E-state index in [9.17, 15) is 9.59 Å². The van der Waals surface area contributed by atoms with E-state index in [1.807, 2.05) is 13.0 Å². The van der Waals surface area contributed by atoms with Crippen LogP contribution in [0.25, 0.3) is 10.9 Å². The first-order chi connectivity index (χ1) is 10.6. The zero-order valence-corrected chi connectivity index (χ0v) is 11.9. The molecule has 22 heavy (non-hydrogen) atoms. The van der Waals surface area contributed by atoms with Gasteiger partial charge in [-0.2, -0.15) is 0 Å². The summed E-state index contributed by atoms with van der Waals surface area (Å²) in [6.07, 6.45) is 1.59. The summed E-state index contributed by atoms with van der Waals surface area (Å²) < 4.78 is 1.04. The van der Waals surface area contributed by atoms with Crippen LogP contribution in [0.3, 0.4) is 0 Å². The fraction of sp³-hybridized carbons (Fsp3) is 0.133. The molecule has 7 nitrogen and oxygen atoms in total. The number of carbonyl (C=O) groups is 1. The molecule has 0 aliphatic heterocycles. The molecule has 0 spiro atoms. The number of nitrogens with one attached hydrogen (secondary N) is 1. The molecule has 3 aromatic rings. The highest BCUT2D eigenvalue weighted by Crippen LogP contribution is 2.09. The second kappa shape index (κ2) is 5.72. The molecule has 0 saturated heterocycles. The van der Waals surface area contributed by atoms with E-state index in [4.69, 9.17) is 0 Å². The number of aryl methyl sites for hydroxylation is 1. The molecule has 0 unspecified atom stereocenters. The summed E-state index contributed by atoms with van der Waals surface area (Å²) in [7, 11) is 0. The van der Waals surface area contributed by atoms with E-state index in [1.165, 1.54) is 0 Å². The lowest BCUT2D eigenvalue weighted by Crippen LogP contribution is -2.30. The molecule has 1 amide bonds. The Kier molecular flexibility index (Phi) is 3.61. The monoisotopic (exact) mass is 295 g/mol. The molecule has 0 atom stereocenters. The Hall–Kier alpha value is -3.09. The lowest BCUT2D eigenvalue weighted by atomic mass is 10.2. The SMILES string of the molecule is Cc1cccnc1NC(=O)Cn1nnc2ccccc2c1=O. The number of benzene rings is 1. The summed E-state index contributed by atoms with van der Waals surface area (Å²) in [6, 6.07) is 10.5. The van der Waals surface area contributed by atoms with E-state index < -0.39 is 0 Å². The Morgan fingerprint density at radius 2 is 2.05 bits per heavy atom. The van der Waals surface area contributed by atoms with Crippen molar-refractivity contribution in [3.63, 3.8) is 0 Å². The Balaban J connectivity index is 1.84. The highest BCUT2D eigenvalue weighted by Gasteiger charge is 2.10. The molecule has 1 N–H and O–H groups in total. The normalized spacial score (nSPS) is 10.6. The Bertz CT molecular complexity index is 904. The van der Waals surface area contributed by atoms with Gasteiger partial charge < -0.3 is 5.32 Å². The second-order valence-electron chi connectivity index (χ2n) is 4.79. The van der Waals surface area contributed by atoms with Crippen molar-refractivity contribution in [1.82, 2.24) is 20.0 Å². The van der Waals surface area contributed by atoms with Crippen molar-refractivity contribution in [2.75, 3.05) is 5.32 Å². The summed E-state index contributed by atoms with van der Waals surface area (Å²) >= 11 is 0. The second-order valence-corrected chi connectivity index (χ2v) is 4.79. The van der Waals surface area contributed by atoms with E-state index >= 15 is 0 Å². The van der Waals surface area contributed by atoms with Gasteiger partial charge in [0.2, 0.25) is 5.91 Å². The third-order valence-corrected chi connectivity index (χ3v) is 3.19. The number of fused-ring (bicyclic) bond motifs is 1. The predicted molar refractivity (Wildman–Crippen MR) is 81.4 cm³/mol. The highest BCUT2D eigenvalue weighted by molar-refractivity contribution is 5.90. The summed E-state index contributed by atoms with van der Waals surface area (Å²) in [6.45, 7) is 1.62. The molecule has 7 heteroatoms. The van der Waals surface area contributed by atoms with Gasteiger partial charge in [-0.25, -0.2) is 9.67 Å². The largest absolute Gasteiger partial charge is 0.309 e. The number of nitrogens with zero attached hydrogens (tertiary/aromatic N) is 4. The van der Waals surface area contributed by atoms with Crippen LogP contribution in [0.2, 0.25) is 0 Å². The maximum absolute atomic E-state index is 12.2. The van der Waals surface area contributed by atoms with Crippen molar-refractivity contribution in [3.05, 3.63) is 58.5 Å². The van der Waals surface area contributed by atoms with Crippen molar-refractivity contribution >= 4 is 22.6 Å². The van der Waals surface area contributed by atoms with E-state index in [2.05, 4.69) is 20.6 Å². The lowest BCUT2D eigenvalue weighted by molar-refractivity contribution is -0.117. The predicted octanol–water partition coefficient (Wildman–Crippen LogP) is 1.13. The molecular formula is C15H13N5O2. The molecule has 1 aromatic carbocycles. The molecule has 0 fully saturated rings. The van der Waals surface area contributed by atoms with Crippen LogP contribution in [0, 0.1) is 6.92 Å². The van der Waals surface area contributed by atoms with Crippen LogP contribution in [-0.4, -0.2) is 25.9 Å². The molecule has 0 bridgehead atoms. The number of carbonyl (C=O) groups excluding carboxylic acids is 1. The minimum atomic E-state index is -0.381. The zero-order chi connectivity index (χ0) is 15.5. The number of aromatic nitrogens is 4. The number of anilines is 1. The van der Waals surface area contributed by atoms with Crippen LogP contribution in [0.5, 0.6) is 0 Å². The highest BCUT2D eigenvalue weighted by atomic mass is 16.2. The van der Waals surface area contributed by atoms with Crippen molar-refractivity contribution in [2.45, 2.75) is 13.5 Å². The molecule has 0 radical (unpaired) electrons. The first-order valence-electron chi connectivity index (χ1n) is 6.69. The number of hydrogen-bond donors (Lipinski definition) is 1. The van der Waals surface area contributed by atoms with Crippen LogP contribution in [0.15, 0.2) is 47.4 Å². The molecule has 3 rings (SSSR count). The first-order valence-corrected chi connectivity index (χ1v) is 6.69. The summed E-state index contributed by atoms with van der Waals surface area (Å²) in [5.41, 5.74) is 0.996. The van der Waals surface area contributed by atoms with E-state index in [0.717, 1.165) is 10.2 Å². The fourth-order valence-corrected chi connectivity index (χ4v) is 2.05. The minimum Gasteiger partial charge on any atom is -0.309 e. The standard InChI is InChI=1S/C15H13N5O2/c1-10-5-4-8-16-14(10)17-13(21)9-20-15(22)11-6-2-3-7-12(11)18-19-20/h2-8H,9H2,1H3,(H,16,17,21). The van der Waals surface area contributed by atoms with Gasteiger partial charge in [0.1, 0.15) is 17.9 Å². The lowest BCUT2D eigenvalue weighted by Gasteiger charge is -2.07. The van der Waals surface area contributed by atoms with Crippen LogP contribution in [0.1, 0.15) is 5.56 Å². The molecule has 0 aliphatic rings. The maximum Gasteiger partial charge on any atom is 0.278 e.